The summed E-state index contributed by atoms with van der Waals surface area (Å²) in [4.78, 5) is 15.0. The maximum Gasteiger partial charge on any atom is 0.270 e. The molecule has 9 heteroatoms. The molecule has 4 nitrogen and oxygen atoms in total. The molecule has 0 atom stereocenters. The number of benzene rings is 3. The van der Waals surface area contributed by atoms with Gasteiger partial charge in [-0.2, -0.15) is 0 Å². The Labute approximate surface area is 216 Å². The molecule has 1 amide bonds. The van der Waals surface area contributed by atoms with Gasteiger partial charge in [0.25, 0.3) is 5.91 Å². The lowest BCUT2D eigenvalue weighted by Crippen LogP contribution is -2.27. The maximum absolute atomic E-state index is 13.0. The van der Waals surface area contributed by atoms with E-state index in [1.165, 1.54) is 16.7 Å². The second-order valence-corrected chi connectivity index (χ2v) is 9.82. The SMILES string of the molecule is COc1cc(/C=C2/SC(=S)N(c3ccc(Cl)cc3)C2=O)ccc1OCc1c(Cl)cccc1Cl. The van der Waals surface area contributed by atoms with Gasteiger partial charge in [0.15, 0.2) is 15.8 Å². The molecule has 0 spiro atoms. The highest BCUT2D eigenvalue weighted by molar-refractivity contribution is 8.27. The third-order valence-corrected chi connectivity index (χ3v) is 7.06. The number of methoxy groups -OCH3 is 1. The highest BCUT2D eigenvalue weighted by Gasteiger charge is 2.33. The molecule has 0 radical (unpaired) electrons. The lowest BCUT2D eigenvalue weighted by atomic mass is 10.1. The van der Waals surface area contributed by atoms with Crippen LogP contribution in [0, 0.1) is 0 Å². The molecule has 1 heterocycles. The molecule has 1 saturated heterocycles. The highest BCUT2D eigenvalue weighted by atomic mass is 35.5. The highest BCUT2D eigenvalue weighted by Crippen LogP contribution is 2.38. The van der Waals surface area contributed by atoms with Gasteiger partial charge in [0.05, 0.1) is 17.7 Å². The van der Waals surface area contributed by atoms with Crippen molar-refractivity contribution < 1.29 is 14.3 Å². The van der Waals surface area contributed by atoms with Crippen molar-refractivity contribution in [3.8, 4) is 11.5 Å². The first-order valence-corrected chi connectivity index (χ1v) is 12.0. The summed E-state index contributed by atoms with van der Waals surface area (Å²) in [6, 6.07) is 17.6. The first-order valence-electron chi connectivity index (χ1n) is 9.64. The Hall–Kier alpha value is -2.22. The van der Waals surface area contributed by atoms with Gasteiger partial charge < -0.3 is 9.47 Å². The molecule has 0 bridgehead atoms. The molecular weight excluding hydrogens is 521 g/mol. The zero-order valence-electron chi connectivity index (χ0n) is 17.2. The fraction of sp³-hybridized carbons (Fsp3) is 0.0833. The van der Waals surface area contributed by atoms with Crippen LogP contribution in [0.25, 0.3) is 6.08 Å². The van der Waals surface area contributed by atoms with E-state index in [1.54, 1.807) is 67.8 Å². The molecule has 0 saturated carbocycles. The van der Waals surface area contributed by atoms with Crippen molar-refractivity contribution in [1.29, 1.82) is 0 Å². The van der Waals surface area contributed by atoms with Crippen molar-refractivity contribution in [2.75, 3.05) is 12.0 Å². The lowest BCUT2D eigenvalue weighted by molar-refractivity contribution is -0.113. The van der Waals surface area contributed by atoms with E-state index in [9.17, 15) is 4.79 Å². The summed E-state index contributed by atoms with van der Waals surface area (Å²) in [6.45, 7) is 0.188. The maximum atomic E-state index is 13.0. The Morgan fingerprint density at radius 1 is 1.00 bits per heavy atom. The first-order chi connectivity index (χ1) is 15.9. The van der Waals surface area contributed by atoms with Crippen LogP contribution in [0.3, 0.4) is 0 Å². The van der Waals surface area contributed by atoms with Crippen LogP contribution in [0.2, 0.25) is 15.1 Å². The van der Waals surface area contributed by atoms with Crippen LogP contribution in [0.1, 0.15) is 11.1 Å². The number of nitrogens with zero attached hydrogens (tertiary/aromatic N) is 1. The number of carbonyl (C=O) groups is 1. The van der Waals surface area contributed by atoms with Gasteiger partial charge in [0, 0.05) is 20.6 Å². The van der Waals surface area contributed by atoms with E-state index in [1.807, 2.05) is 6.07 Å². The molecule has 1 aliphatic heterocycles. The Morgan fingerprint density at radius 2 is 1.70 bits per heavy atom. The predicted molar refractivity (Wildman–Crippen MR) is 141 cm³/mol. The van der Waals surface area contributed by atoms with E-state index < -0.39 is 0 Å². The zero-order chi connectivity index (χ0) is 23.5. The number of thioether (sulfide) groups is 1. The average Bonchev–Trinajstić information content (AvgIpc) is 3.07. The third kappa shape index (κ3) is 5.31. The Kier molecular flexibility index (Phi) is 7.51. The third-order valence-electron chi connectivity index (χ3n) is 4.80. The van der Waals surface area contributed by atoms with E-state index in [-0.39, 0.29) is 12.5 Å². The average molecular weight is 537 g/mol. The van der Waals surface area contributed by atoms with Crippen LogP contribution in [0.15, 0.2) is 65.6 Å². The Balaban J connectivity index is 1.54. The van der Waals surface area contributed by atoms with Gasteiger partial charge in [-0.15, -0.1) is 0 Å². The van der Waals surface area contributed by atoms with Crippen molar-refractivity contribution in [1.82, 2.24) is 0 Å². The number of rotatable bonds is 6. The second kappa shape index (κ2) is 10.4. The van der Waals surface area contributed by atoms with Crippen molar-refractivity contribution in [2.24, 2.45) is 0 Å². The number of amides is 1. The normalized spacial score (nSPS) is 14.8. The van der Waals surface area contributed by atoms with Gasteiger partial charge in [-0.25, -0.2) is 0 Å². The number of carbonyl (C=O) groups excluding carboxylic acids is 1. The number of anilines is 1. The van der Waals surface area contributed by atoms with Crippen LogP contribution >= 0.6 is 58.8 Å². The molecule has 0 aliphatic carbocycles. The first kappa shape index (κ1) is 23.9. The number of hydrogen-bond acceptors (Lipinski definition) is 5. The molecule has 0 aromatic heterocycles. The van der Waals surface area contributed by atoms with Gasteiger partial charge in [-0.1, -0.05) is 70.9 Å². The summed E-state index contributed by atoms with van der Waals surface area (Å²) < 4.78 is 11.8. The fourth-order valence-electron chi connectivity index (χ4n) is 3.15. The predicted octanol–water partition coefficient (Wildman–Crippen LogP) is 7.64. The molecule has 0 unspecified atom stereocenters. The van der Waals surface area contributed by atoms with Gasteiger partial charge in [0.1, 0.15) is 6.61 Å². The molecule has 33 heavy (non-hydrogen) atoms. The fourth-order valence-corrected chi connectivity index (χ4v) is 5.08. The van der Waals surface area contributed by atoms with Crippen LogP contribution in [0.4, 0.5) is 5.69 Å². The minimum atomic E-state index is -0.194. The summed E-state index contributed by atoms with van der Waals surface area (Å²) in [5.74, 6) is 0.847. The molecule has 1 aliphatic rings. The van der Waals surface area contributed by atoms with Crippen molar-refractivity contribution in [3.05, 3.63) is 91.8 Å². The Morgan fingerprint density at radius 3 is 2.36 bits per heavy atom. The summed E-state index contributed by atoms with van der Waals surface area (Å²) in [7, 11) is 1.55. The zero-order valence-corrected chi connectivity index (χ0v) is 21.1. The minimum Gasteiger partial charge on any atom is -0.493 e. The number of ether oxygens (including phenoxy) is 2. The topological polar surface area (TPSA) is 38.8 Å². The molecular formula is C24H16Cl3NO3S2. The van der Waals surface area contributed by atoms with E-state index >= 15 is 0 Å². The molecule has 168 valence electrons. The van der Waals surface area contributed by atoms with Gasteiger partial charge in [-0.05, 0) is 60.2 Å². The van der Waals surface area contributed by atoms with Crippen LogP contribution in [-0.4, -0.2) is 17.3 Å². The second-order valence-electron chi connectivity index (χ2n) is 6.89. The van der Waals surface area contributed by atoms with Crippen molar-refractivity contribution in [3.63, 3.8) is 0 Å². The minimum absolute atomic E-state index is 0.188. The van der Waals surface area contributed by atoms with E-state index in [2.05, 4.69) is 0 Å². The summed E-state index contributed by atoms with van der Waals surface area (Å²) in [6.07, 6.45) is 1.77. The smallest absolute Gasteiger partial charge is 0.270 e. The molecule has 3 aromatic carbocycles. The molecule has 4 rings (SSSR count). The van der Waals surface area contributed by atoms with Crippen LogP contribution in [0.5, 0.6) is 11.5 Å². The molecule has 1 fully saturated rings. The molecule has 0 N–H and O–H groups in total. The van der Waals surface area contributed by atoms with E-state index in [0.29, 0.717) is 47.0 Å². The van der Waals surface area contributed by atoms with Crippen molar-refractivity contribution >= 4 is 80.8 Å². The largest absolute Gasteiger partial charge is 0.493 e. The monoisotopic (exact) mass is 535 g/mol. The Bertz CT molecular complexity index is 1240. The van der Waals surface area contributed by atoms with Gasteiger partial charge in [0.2, 0.25) is 0 Å². The standard InChI is InChI=1S/C24H16Cl3NO3S2/c1-30-21-11-14(5-10-20(21)31-13-17-18(26)3-2-4-19(17)27)12-22-23(29)28(24(32)33-22)16-8-6-15(25)7-9-16/h2-12H,13H2,1H3/b22-12+. The van der Waals surface area contributed by atoms with Crippen LogP contribution < -0.4 is 14.4 Å². The van der Waals surface area contributed by atoms with Gasteiger partial charge >= 0.3 is 0 Å². The summed E-state index contributed by atoms with van der Waals surface area (Å²) in [5, 5.41) is 1.65. The van der Waals surface area contributed by atoms with Crippen LogP contribution in [-0.2, 0) is 11.4 Å². The van der Waals surface area contributed by atoms with E-state index in [4.69, 9.17) is 56.5 Å². The quantitative estimate of drug-likeness (QED) is 0.239. The van der Waals surface area contributed by atoms with Gasteiger partial charge in [-0.3, -0.25) is 9.69 Å². The number of thiocarbonyl (C=S) groups is 1. The summed E-state index contributed by atoms with van der Waals surface area (Å²) >= 11 is 25.1. The number of halogens is 3. The molecule has 3 aromatic rings. The van der Waals surface area contributed by atoms with Crippen molar-refractivity contribution in [2.45, 2.75) is 6.61 Å². The lowest BCUT2D eigenvalue weighted by Gasteiger charge is -2.14. The number of hydrogen-bond donors (Lipinski definition) is 0. The summed E-state index contributed by atoms with van der Waals surface area (Å²) in [5.41, 5.74) is 2.13. The van der Waals surface area contributed by atoms with E-state index in [0.717, 1.165) is 5.56 Å².